The van der Waals surface area contributed by atoms with Crippen LogP contribution in [0.25, 0.3) is 0 Å². The van der Waals surface area contributed by atoms with Crippen molar-refractivity contribution in [2.24, 2.45) is 5.10 Å². The first-order chi connectivity index (χ1) is 11.7. The van der Waals surface area contributed by atoms with E-state index in [1.165, 1.54) is 13.3 Å². The number of methoxy groups -OCH3 is 1. The maximum atomic E-state index is 12.1. The number of phenols is 1. The lowest BCUT2D eigenvalue weighted by Crippen LogP contribution is -2.18. The van der Waals surface area contributed by atoms with Crippen molar-refractivity contribution in [1.29, 1.82) is 0 Å². The number of hydrogen-bond donors (Lipinski definition) is 2. The van der Waals surface area contributed by atoms with E-state index in [0.717, 1.165) is 5.56 Å². The molecule has 2 aromatic carbocycles. The van der Waals surface area contributed by atoms with Gasteiger partial charge in [-0.2, -0.15) is 5.10 Å². The Kier molecular flexibility index (Phi) is 5.85. The maximum absolute atomic E-state index is 12.1. The molecule has 0 fully saturated rings. The first kappa shape index (κ1) is 19.0. The van der Waals surface area contributed by atoms with Crippen LogP contribution in [0.5, 0.6) is 11.5 Å². The Morgan fingerprint density at radius 1 is 1.24 bits per heavy atom. The summed E-state index contributed by atoms with van der Waals surface area (Å²) in [6, 6.07) is 10.7. The van der Waals surface area contributed by atoms with Crippen LogP contribution in [0.4, 0.5) is 0 Å². The van der Waals surface area contributed by atoms with Crippen molar-refractivity contribution >= 4 is 28.1 Å². The van der Waals surface area contributed by atoms with E-state index in [2.05, 4.69) is 47.2 Å². The molecule has 25 heavy (non-hydrogen) atoms. The quantitative estimate of drug-likeness (QED) is 0.591. The largest absolute Gasteiger partial charge is 0.506 e. The Balaban J connectivity index is 2.09. The number of amides is 1. The highest BCUT2D eigenvalue weighted by atomic mass is 79.9. The van der Waals surface area contributed by atoms with Crippen molar-refractivity contribution in [3.05, 3.63) is 57.6 Å². The van der Waals surface area contributed by atoms with E-state index in [9.17, 15) is 9.90 Å². The van der Waals surface area contributed by atoms with Crippen molar-refractivity contribution in [2.75, 3.05) is 7.11 Å². The van der Waals surface area contributed by atoms with Gasteiger partial charge in [0.1, 0.15) is 11.5 Å². The number of rotatable bonds is 4. The molecule has 0 aliphatic carbocycles. The van der Waals surface area contributed by atoms with Crippen molar-refractivity contribution in [1.82, 2.24) is 5.43 Å². The summed E-state index contributed by atoms with van der Waals surface area (Å²) < 4.78 is 5.62. The number of hydrogen-bond acceptors (Lipinski definition) is 4. The van der Waals surface area contributed by atoms with E-state index < -0.39 is 0 Å². The molecule has 0 aliphatic heterocycles. The van der Waals surface area contributed by atoms with E-state index in [1.807, 2.05) is 12.1 Å². The fraction of sp³-hybridized carbons (Fsp3) is 0.263. The van der Waals surface area contributed by atoms with E-state index in [1.54, 1.807) is 24.3 Å². The first-order valence-electron chi connectivity index (χ1n) is 7.73. The van der Waals surface area contributed by atoms with Crippen molar-refractivity contribution in [2.45, 2.75) is 26.2 Å². The van der Waals surface area contributed by atoms with Crippen molar-refractivity contribution in [3.8, 4) is 11.5 Å². The van der Waals surface area contributed by atoms with E-state index in [0.29, 0.717) is 21.3 Å². The highest BCUT2D eigenvalue weighted by Crippen LogP contribution is 2.31. The molecule has 0 radical (unpaired) electrons. The van der Waals surface area contributed by atoms with Crippen LogP contribution in [0.3, 0.4) is 0 Å². The van der Waals surface area contributed by atoms with Gasteiger partial charge in [-0.3, -0.25) is 4.79 Å². The van der Waals surface area contributed by atoms with Crippen LogP contribution in [0.2, 0.25) is 0 Å². The molecular formula is C19H21BrN2O3. The Bertz CT molecular complexity index is 794. The van der Waals surface area contributed by atoms with Crippen molar-refractivity contribution < 1.29 is 14.6 Å². The first-order valence-corrected chi connectivity index (χ1v) is 8.52. The molecule has 0 heterocycles. The fourth-order valence-electron chi connectivity index (χ4n) is 2.16. The topological polar surface area (TPSA) is 70.9 Å². The standard InChI is InChI=1S/C19H21BrN2O3/c1-19(2,3)14-7-5-12(6-8-14)18(24)22-21-11-13-9-15(25-4)10-16(20)17(13)23/h5-11,23H,1-4H3,(H,22,24)/b21-11-. The average Bonchev–Trinajstić information content (AvgIpc) is 2.57. The average molecular weight is 405 g/mol. The van der Waals surface area contributed by atoms with Gasteiger partial charge in [0.2, 0.25) is 0 Å². The summed E-state index contributed by atoms with van der Waals surface area (Å²) in [4.78, 5) is 12.1. The summed E-state index contributed by atoms with van der Waals surface area (Å²) in [5.41, 5.74) is 4.58. The zero-order valence-corrected chi connectivity index (χ0v) is 16.2. The van der Waals surface area contributed by atoms with Gasteiger partial charge in [-0.05, 0) is 51.2 Å². The van der Waals surface area contributed by atoms with Gasteiger partial charge in [0.25, 0.3) is 5.91 Å². The lowest BCUT2D eigenvalue weighted by atomic mass is 9.87. The van der Waals surface area contributed by atoms with Gasteiger partial charge in [-0.1, -0.05) is 32.9 Å². The van der Waals surface area contributed by atoms with Crippen LogP contribution in [0, 0.1) is 0 Å². The third-order valence-corrected chi connectivity index (χ3v) is 4.29. The molecule has 2 N–H and O–H groups in total. The van der Waals surface area contributed by atoms with Gasteiger partial charge in [-0.25, -0.2) is 5.43 Å². The molecule has 132 valence electrons. The van der Waals surface area contributed by atoms with Gasteiger partial charge in [0.05, 0.1) is 17.8 Å². The minimum atomic E-state index is -0.321. The molecular weight excluding hydrogens is 384 g/mol. The third-order valence-electron chi connectivity index (χ3n) is 3.68. The van der Waals surface area contributed by atoms with Gasteiger partial charge >= 0.3 is 0 Å². The number of halogens is 1. The van der Waals surface area contributed by atoms with E-state index in [4.69, 9.17) is 4.74 Å². The third kappa shape index (κ3) is 4.82. The maximum Gasteiger partial charge on any atom is 0.271 e. The molecule has 0 bridgehead atoms. The molecule has 1 amide bonds. The molecule has 0 saturated heterocycles. The fourth-order valence-corrected chi connectivity index (χ4v) is 2.61. The van der Waals surface area contributed by atoms with Gasteiger partial charge in [0, 0.05) is 11.1 Å². The predicted molar refractivity (Wildman–Crippen MR) is 103 cm³/mol. The SMILES string of the molecule is COc1cc(Br)c(O)c(/C=N\NC(=O)c2ccc(C(C)(C)C)cc2)c1. The zero-order valence-electron chi connectivity index (χ0n) is 14.6. The number of phenolic OH excluding ortho intramolecular Hbond substituents is 1. The summed E-state index contributed by atoms with van der Waals surface area (Å²) in [6.07, 6.45) is 1.37. The molecule has 0 saturated carbocycles. The highest BCUT2D eigenvalue weighted by molar-refractivity contribution is 9.10. The minimum absolute atomic E-state index is 0.0216. The van der Waals surface area contributed by atoms with Crippen molar-refractivity contribution in [3.63, 3.8) is 0 Å². The van der Waals surface area contributed by atoms with Crippen LogP contribution in [0.1, 0.15) is 42.3 Å². The number of carbonyl (C=O) groups excluding carboxylic acids is 1. The highest BCUT2D eigenvalue weighted by Gasteiger charge is 2.14. The van der Waals surface area contributed by atoms with Crippen LogP contribution >= 0.6 is 15.9 Å². The second-order valence-corrected chi connectivity index (χ2v) is 7.43. The lowest BCUT2D eigenvalue weighted by molar-refractivity contribution is 0.0955. The molecule has 0 aliphatic rings. The van der Waals surface area contributed by atoms with Crippen LogP contribution in [0.15, 0.2) is 46.0 Å². The summed E-state index contributed by atoms with van der Waals surface area (Å²) in [5.74, 6) is 0.265. The van der Waals surface area contributed by atoms with E-state index >= 15 is 0 Å². The van der Waals surface area contributed by atoms with Crippen LogP contribution < -0.4 is 10.2 Å². The second kappa shape index (κ2) is 7.70. The Hall–Kier alpha value is -2.34. The van der Waals surface area contributed by atoms with Crippen LogP contribution in [-0.4, -0.2) is 24.3 Å². The number of carbonyl (C=O) groups is 1. The Labute approximate surface area is 155 Å². The Morgan fingerprint density at radius 2 is 1.88 bits per heavy atom. The number of nitrogens with one attached hydrogen (secondary N) is 1. The number of nitrogens with zero attached hydrogens (tertiary/aromatic N) is 1. The summed E-state index contributed by atoms with van der Waals surface area (Å²) >= 11 is 3.24. The number of aromatic hydroxyl groups is 1. The van der Waals surface area contributed by atoms with Gasteiger partial charge < -0.3 is 9.84 Å². The molecule has 5 nitrogen and oxygen atoms in total. The predicted octanol–water partition coefficient (Wildman–Crippen LogP) is 4.22. The summed E-state index contributed by atoms with van der Waals surface area (Å²) in [5, 5.41) is 13.9. The monoisotopic (exact) mass is 404 g/mol. The second-order valence-electron chi connectivity index (χ2n) is 6.57. The number of benzene rings is 2. The molecule has 0 spiro atoms. The molecule has 0 aromatic heterocycles. The molecule has 0 unspecified atom stereocenters. The smallest absolute Gasteiger partial charge is 0.271 e. The minimum Gasteiger partial charge on any atom is -0.506 e. The lowest BCUT2D eigenvalue weighted by Gasteiger charge is -2.18. The number of hydrazone groups is 1. The Morgan fingerprint density at radius 3 is 2.44 bits per heavy atom. The molecule has 6 heteroatoms. The van der Waals surface area contributed by atoms with Gasteiger partial charge in [-0.15, -0.1) is 0 Å². The summed E-state index contributed by atoms with van der Waals surface area (Å²) in [7, 11) is 1.53. The number of ether oxygens (including phenoxy) is 1. The molecule has 2 rings (SSSR count). The molecule has 0 atom stereocenters. The molecule has 2 aromatic rings. The van der Waals surface area contributed by atoms with E-state index in [-0.39, 0.29) is 17.1 Å². The summed E-state index contributed by atoms with van der Waals surface area (Å²) in [6.45, 7) is 6.35. The zero-order chi connectivity index (χ0) is 18.6. The normalized spacial score (nSPS) is 11.6. The van der Waals surface area contributed by atoms with Crippen LogP contribution in [-0.2, 0) is 5.41 Å². The van der Waals surface area contributed by atoms with Gasteiger partial charge in [0.15, 0.2) is 0 Å².